The van der Waals surface area contributed by atoms with Crippen LogP contribution in [0.15, 0.2) is 48.5 Å². The summed E-state index contributed by atoms with van der Waals surface area (Å²) in [5.41, 5.74) is 0.528. The Balaban J connectivity index is 2.09. The van der Waals surface area contributed by atoms with Crippen molar-refractivity contribution in [3.8, 4) is 0 Å². The normalized spacial score (nSPS) is 11.2. The van der Waals surface area contributed by atoms with Crippen molar-refractivity contribution < 1.29 is 23.1 Å². The van der Waals surface area contributed by atoms with Crippen molar-refractivity contribution in [3.63, 3.8) is 0 Å². The van der Waals surface area contributed by atoms with Gasteiger partial charge in [-0.3, -0.25) is 4.79 Å². The molecule has 2 rings (SSSR count). The van der Waals surface area contributed by atoms with Crippen LogP contribution >= 0.6 is 0 Å². The number of amides is 1. The molecule has 1 amide bonds. The third-order valence-electron chi connectivity index (χ3n) is 2.87. The molecule has 21 heavy (non-hydrogen) atoms. The van der Waals surface area contributed by atoms with Gasteiger partial charge in [-0.15, -0.1) is 0 Å². The lowest BCUT2D eigenvalue weighted by Crippen LogP contribution is -2.12. The Kier molecular flexibility index (Phi) is 4.28. The summed E-state index contributed by atoms with van der Waals surface area (Å²) >= 11 is 0. The molecule has 0 fully saturated rings. The van der Waals surface area contributed by atoms with Gasteiger partial charge in [-0.25, -0.2) is 0 Å². The highest BCUT2D eigenvalue weighted by Gasteiger charge is 2.30. The van der Waals surface area contributed by atoms with E-state index < -0.39 is 17.6 Å². The molecular formula is C15H12F3NO2. The van der Waals surface area contributed by atoms with Gasteiger partial charge >= 0.3 is 6.18 Å². The van der Waals surface area contributed by atoms with E-state index in [-0.39, 0.29) is 12.2 Å². The third kappa shape index (κ3) is 3.82. The number of carbonyl (C=O) groups excluding carboxylic acids is 1. The number of hydrogen-bond donors (Lipinski definition) is 2. The Morgan fingerprint density at radius 3 is 2.05 bits per heavy atom. The molecule has 0 aliphatic heterocycles. The Labute approximate surface area is 119 Å². The summed E-state index contributed by atoms with van der Waals surface area (Å²) in [6, 6.07) is 10.5. The van der Waals surface area contributed by atoms with Gasteiger partial charge in [0, 0.05) is 11.3 Å². The fraction of sp³-hybridized carbons (Fsp3) is 0.133. The maximum absolute atomic E-state index is 12.4. The molecule has 3 nitrogen and oxygen atoms in total. The average molecular weight is 295 g/mol. The second-order valence-corrected chi connectivity index (χ2v) is 4.38. The molecule has 2 aromatic carbocycles. The second-order valence-electron chi connectivity index (χ2n) is 4.38. The molecule has 2 aromatic rings. The summed E-state index contributed by atoms with van der Waals surface area (Å²) < 4.78 is 37.3. The highest BCUT2D eigenvalue weighted by Crippen LogP contribution is 2.29. The standard InChI is InChI=1S/C15H12F3NO2/c16-15(17,18)12-5-3-11(4-6-12)14(21)19-13-7-1-10(9-20)2-8-13/h1-8,20H,9H2,(H,19,21). The minimum atomic E-state index is -4.42. The van der Waals surface area contributed by atoms with Gasteiger partial charge in [-0.05, 0) is 42.0 Å². The highest BCUT2D eigenvalue weighted by molar-refractivity contribution is 6.04. The van der Waals surface area contributed by atoms with E-state index in [1.165, 1.54) is 0 Å². The van der Waals surface area contributed by atoms with E-state index in [0.717, 1.165) is 24.3 Å². The molecule has 0 radical (unpaired) electrons. The van der Waals surface area contributed by atoms with Gasteiger partial charge in [-0.2, -0.15) is 13.2 Å². The number of alkyl halides is 3. The molecule has 0 unspecified atom stereocenters. The van der Waals surface area contributed by atoms with Crippen LogP contribution in [-0.2, 0) is 12.8 Å². The quantitative estimate of drug-likeness (QED) is 0.911. The van der Waals surface area contributed by atoms with E-state index in [0.29, 0.717) is 11.3 Å². The maximum atomic E-state index is 12.4. The summed E-state index contributed by atoms with van der Waals surface area (Å²) in [7, 11) is 0. The molecule has 0 aliphatic carbocycles. The van der Waals surface area contributed by atoms with Crippen molar-refractivity contribution >= 4 is 11.6 Å². The zero-order valence-corrected chi connectivity index (χ0v) is 10.8. The van der Waals surface area contributed by atoms with Crippen molar-refractivity contribution in [2.45, 2.75) is 12.8 Å². The molecule has 0 aliphatic rings. The minimum Gasteiger partial charge on any atom is -0.392 e. The summed E-state index contributed by atoms with van der Waals surface area (Å²) in [5.74, 6) is -0.500. The SMILES string of the molecule is O=C(Nc1ccc(CO)cc1)c1ccc(C(F)(F)F)cc1. The predicted molar refractivity (Wildman–Crippen MR) is 71.8 cm³/mol. The van der Waals surface area contributed by atoms with Crippen molar-refractivity contribution in [2.75, 3.05) is 5.32 Å². The number of anilines is 1. The van der Waals surface area contributed by atoms with Crippen LogP contribution in [0.5, 0.6) is 0 Å². The van der Waals surface area contributed by atoms with Crippen LogP contribution in [0.3, 0.4) is 0 Å². The molecule has 110 valence electrons. The number of hydrogen-bond acceptors (Lipinski definition) is 2. The summed E-state index contributed by atoms with van der Waals surface area (Å²) in [6.07, 6.45) is -4.42. The molecule has 0 bridgehead atoms. The van der Waals surface area contributed by atoms with E-state index in [2.05, 4.69) is 5.32 Å². The number of benzene rings is 2. The van der Waals surface area contributed by atoms with Crippen LogP contribution in [0.25, 0.3) is 0 Å². The van der Waals surface area contributed by atoms with Gasteiger partial charge < -0.3 is 10.4 Å². The van der Waals surface area contributed by atoms with E-state index in [9.17, 15) is 18.0 Å². The van der Waals surface area contributed by atoms with Gasteiger partial charge in [0.1, 0.15) is 0 Å². The van der Waals surface area contributed by atoms with Crippen molar-refractivity contribution in [3.05, 3.63) is 65.2 Å². The molecule has 0 saturated carbocycles. The lowest BCUT2D eigenvalue weighted by molar-refractivity contribution is -0.137. The Bertz CT molecular complexity index is 619. The smallest absolute Gasteiger partial charge is 0.392 e. The molecular weight excluding hydrogens is 283 g/mol. The zero-order valence-electron chi connectivity index (χ0n) is 10.8. The number of aliphatic hydroxyl groups excluding tert-OH is 1. The first kappa shape index (κ1) is 15.1. The Hall–Kier alpha value is -2.34. The number of aliphatic hydroxyl groups is 1. The van der Waals surface area contributed by atoms with Gasteiger partial charge in [0.2, 0.25) is 0 Å². The molecule has 0 saturated heterocycles. The van der Waals surface area contributed by atoms with Gasteiger partial charge in [0.25, 0.3) is 5.91 Å². The maximum Gasteiger partial charge on any atom is 0.416 e. The van der Waals surface area contributed by atoms with Crippen LogP contribution in [0.4, 0.5) is 18.9 Å². The summed E-state index contributed by atoms with van der Waals surface area (Å²) in [6.45, 7) is -0.104. The van der Waals surface area contributed by atoms with Crippen molar-refractivity contribution in [1.82, 2.24) is 0 Å². The van der Waals surface area contributed by atoms with Crippen LogP contribution in [0.2, 0.25) is 0 Å². The number of halogens is 3. The molecule has 0 spiro atoms. The summed E-state index contributed by atoms with van der Waals surface area (Å²) in [5, 5.41) is 11.5. The molecule has 0 heterocycles. The topological polar surface area (TPSA) is 49.3 Å². The van der Waals surface area contributed by atoms with Gasteiger partial charge in [0.15, 0.2) is 0 Å². The van der Waals surface area contributed by atoms with E-state index in [1.807, 2.05) is 0 Å². The Morgan fingerprint density at radius 1 is 1.00 bits per heavy atom. The van der Waals surface area contributed by atoms with Crippen molar-refractivity contribution in [2.24, 2.45) is 0 Å². The molecule has 6 heteroatoms. The Morgan fingerprint density at radius 2 is 1.57 bits per heavy atom. The van der Waals surface area contributed by atoms with Crippen molar-refractivity contribution in [1.29, 1.82) is 0 Å². The third-order valence-corrected chi connectivity index (χ3v) is 2.87. The number of rotatable bonds is 3. The van der Waals surface area contributed by atoms with Crippen LogP contribution in [0.1, 0.15) is 21.5 Å². The van der Waals surface area contributed by atoms with E-state index in [4.69, 9.17) is 5.11 Å². The first-order valence-electron chi connectivity index (χ1n) is 6.08. The monoisotopic (exact) mass is 295 g/mol. The second kappa shape index (κ2) is 5.97. The van der Waals surface area contributed by atoms with E-state index in [1.54, 1.807) is 24.3 Å². The van der Waals surface area contributed by atoms with Crippen LogP contribution in [-0.4, -0.2) is 11.0 Å². The van der Waals surface area contributed by atoms with Gasteiger partial charge in [0.05, 0.1) is 12.2 Å². The number of nitrogens with one attached hydrogen (secondary N) is 1. The minimum absolute atomic E-state index is 0.104. The van der Waals surface area contributed by atoms with Crippen LogP contribution in [0, 0.1) is 0 Å². The lowest BCUT2D eigenvalue weighted by atomic mass is 10.1. The fourth-order valence-electron chi connectivity index (χ4n) is 1.71. The largest absolute Gasteiger partial charge is 0.416 e. The predicted octanol–water partition coefficient (Wildman–Crippen LogP) is 3.45. The molecule has 2 N–H and O–H groups in total. The highest BCUT2D eigenvalue weighted by atomic mass is 19.4. The average Bonchev–Trinajstić information content (AvgIpc) is 2.47. The fourth-order valence-corrected chi connectivity index (χ4v) is 1.71. The number of carbonyl (C=O) groups is 1. The molecule has 0 aromatic heterocycles. The lowest BCUT2D eigenvalue weighted by Gasteiger charge is -2.08. The first-order valence-corrected chi connectivity index (χ1v) is 6.08. The van der Waals surface area contributed by atoms with E-state index >= 15 is 0 Å². The van der Waals surface area contributed by atoms with Crippen LogP contribution < -0.4 is 5.32 Å². The molecule has 0 atom stereocenters. The first-order chi connectivity index (χ1) is 9.90. The van der Waals surface area contributed by atoms with Gasteiger partial charge in [-0.1, -0.05) is 12.1 Å². The zero-order chi connectivity index (χ0) is 15.5. The summed E-state index contributed by atoms with van der Waals surface area (Å²) in [4.78, 5) is 11.9.